The van der Waals surface area contributed by atoms with E-state index in [9.17, 15) is 4.79 Å². The molecule has 6 heteroatoms. The number of hydrogen-bond donors (Lipinski definition) is 0. The zero-order valence-corrected chi connectivity index (χ0v) is 17.1. The predicted molar refractivity (Wildman–Crippen MR) is 113 cm³/mol. The van der Waals surface area contributed by atoms with Crippen LogP contribution in [0.3, 0.4) is 0 Å². The minimum absolute atomic E-state index is 0.183. The van der Waals surface area contributed by atoms with Gasteiger partial charge in [0.15, 0.2) is 6.23 Å². The van der Waals surface area contributed by atoms with Gasteiger partial charge in [-0.05, 0) is 43.3 Å². The van der Waals surface area contributed by atoms with E-state index in [1.54, 1.807) is 43.3 Å². The Labute approximate surface area is 171 Å². The number of carbonyl (C=O) groups excluding carboxylic acids is 1. The number of para-hydroxylation sites is 3. The fourth-order valence-electron chi connectivity index (χ4n) is 2.43. The molecule has 0 fully saturated rings. The summed E-state index contributed by atoms with van der Waals surface area (Å²) < 4.78 is 24.1. The van der Waals surface area contributed by atoms with Crippen molar-refractivity contribution < 1.29 is 22.8 Å². The molecule has 0 radical (unpaired) electrons. The van der Waals surface area contributed by atoms with Crippen molar-refractivity contribution in [3.63, 3.8) is 0 Å². The molecule has 0 atom stereocenters. The van der Waals surface area contributed by atoms with Crippen molar-refractivity contribution in [2.45, 2.75) is 6.92 Å². The van der Waals surface area contributed by atoms with Crippen LogP contribution >= 0.6 is 0 Å². The first-order valence-electron chi connectivity index (χ1n) is 9.11. The molecular formula is C23H22O5Si. The fourth-order valence-corrected chi connectivity index (χ4v) is 4.53. The Morgan fingerprint density at radius 3 is 1.38 bits per heavy atom. The van der Waals surface area contributed by atoms with Crippen LogP contribution in [0.2, 0.25) is 0 Å². The van der Waals surface area contributed by atoms with Gasteiger partial charge >= 0.3 is 14.8 Å². The molecule has 0 aliphatic carbocycles. The maximum Gasteiger partial charge on any atom is 0.739 e. The van der Waals surface area contributed by atoms with E-state index in [-0.39, 0.29) is 11.8 Å². The third-order valence-electron chi connectivity index (χ3n) is 3.78. The van der Waals surface area contributed by atoms with Crippen molar-refractivity contribution in [2.24, 2.45) is 0 Å². The molecule has 3 rings (SSSR count). The lowest BCUT2D eigenvalue weighted by Crippen LogP contribution is -2.59. The van der Waals surface area contributed by atoms with Gasteiger partial charge in [-0.2, -0.15) is 0 Å². The second-order valence-electron chi connectivity index (χ2n) is 6.28. The molecule has 0 aliphatic rings. The van der Waals surface area contributed by atoms with Gasteiger partial charge in [0.25, 0.3) is 0 Å². The monoisotopic (exact) mass is 406 g/mol. The molecule has 0 N–H and O–H groups in total. The lowest BCUT2D eigenvalue weighted by atomic mass is 10.3. The third-order valence-corrected chi connectivity index (χ3v) is 5.92. The average molecular weight is 407 g/mol. The minimum atomic E-state index is -3.61. The second-order valence-corrected chi connectivity index (χ2v) is 8.55. The molecule has 3 aromatic rings. The normalized spacial score (nSPS) is 10.7. The summed E-state index contributed by atoms with van der Waals surface area (Å²) in [5.41, 5.74) is 0.284. The highest BCUT2D eigenvalue weighted by Gasteiger charge is 2.52. The number of benzene rings is 3. The molecular weight excluding hydrogens is 384 g/mol. The SMILES string of the molecule is C=C(C)C(=O)OC[Si](Oc1ccccc1)(Oc1ccccc1)Oc1ccccc1. The molecule has 0 saturated carbocycles. The van der Waals surface area contributed by atoms with Gasteiger partial charge in [0.05, 0.1) is 0 Å². The van der Waals surface area contributed by atoms with Crippen LogP contribution in [0.1, 0.15) is 6.92 Å². The zero-order valence-electron chi connectivity index (χ0n) is 16.1. The van der Waals surface area contributed by atoms with Crippen molar-refractivity contribution in [1.29, 1.82) is 0 Å². The Morgan fingerprint density at radius 1 is 0.724 bits per heavy atom. The number of rotatable bonds is 9. The smallest absolute Gasteiger partial charge is 0.481 e. The molecule has 0 aromatic heterocycles. The lowest BCUT2D eigenvalue weighted by Gasteiger charge is -2.29. The van der Waals surface area contributed by atoms with Gasteiger partial charge in [0.2, 0.25) is 0 Å². The van der Waals surface area contributed by atoms with Gasteiger partial charge in [0, 0.05) is 5.57 Å². The van der Waals surface area contributed by atoms with E-state index in [1.165, 1.54) is 0 Å². The van der Waals surface area contributed by atoms with Crippen LogP contribution < -0.4 is 13.3 Å². The van der Waals surface area contributed by atoms with Gasteiger partial charge < -0.3 is 18.0 Å². The van der Waals surface area contributed by atoms with E-state index in [1.807, 2.05) is 54.6 Å². The van der Waals surface area contributed by atoms with Gasteiger partial charge in [-0.25, -0.2) is 4.79 Å². The third kappa shape index (κ3) is 5.98. The Morgan fingerprint density at radius 2 is 1.07 bits per heavy atom. The summed E-state index contributed by atoms with van der Waals surface area (Å²) in [7, 11) is -3.61. The predicted octanol–water partition coefficient (Wildman–Crippen LogP) is 4.82. The molecule has 0 saturated heterocycles. The topological polar surface area (TPSA) is 54.0 Å². The molecule has 0 aliphatic heterocycles. The maximum absolute atomic E-state index is 12.1. The van der Waals surface area contributed by atoms with Crippen LogP contribution in [-0.2, 0) is 9.53 Å². The molecule has 5 nitrogen and oxygen atoms in total. The zero-order chi connectivity index (χ0) is 20.5. The second kappa shape index (κ2) is 9.61. The summed E-state index contributed by atoms with van der Waals surface area (Å²) in [5.74, 6) is 1.12. The van der Waals surface area contributed by atoms with Crippen molar-refractivity contribution in [1.82, 2.24) is 0 Å². The first kappa shape index (κ1) is 20.2. The average Bonchev–Trinajstić information content (AvgIpc) is 2.74. The van der Waals surface area contributed by atoms with Crippen LogP contribution in [0.25, 0.3) is 0 Å². The Bertz CT molecular complexity index is 828. The molecule has 0 amide bonds. The fraction of sp³-hybridized carbons (Fsp3) is 0.0870. The van der Waals surface area contributed by atoms with E-state index in [2.05, 4.69) is 6.58 Å². The largest absolute Gasteiger partial charge is 0.739 e. The Kier molecular flexibility index (Phi) is 6.70. The van der Waals surface area contributed by atoms with E-state index in [4.69, 9.17) is 18.0 Å². The number of esters is 1. The lowest BCUT2D eigenvalue weighted by molar-refractivity contribution is -0.138. The number of hydrogen-bond acceptors (Lipinski definition) is 5. The number of ether oxygens (including phenoxy) is 1. The van der Waals surface area contributed by atoms with E-state index < -0.39 is 14.8 Å². The Balaban J connectivity index is 1.97. The van der Waals surface area contributed by atoms with Crippen molar-refractivity contribution in [2.75, 3.05) is 6.23 Å². The van der Waals surface area contributed by atoms with E-state index in [0.717, 1.165) is 0 Å². The minimum Gasteiger partial charge on any atom is -0.481 e. The first-order chi connectivity index (χ1) is 14.1. The van der Waals surface area contributed by atoms with Crippen LogP contribution in [0.4, 0.5) is 0 Å². The standard InChI is InChI=1S/C23H22O5Si/c1-19(2)23(24)25-18-29(26-20-12-6-3-7-13-20,27-21-14-8-4-9-15-21)28-22-16-10-5-11-17-22/h3-17H,1,18H2,2H3. The van der Waals surface area contributed by atoms with Crippen LogP contribution in [-0.4, -0.2) is 21.0 Å². The van der Waals surface area contributed by atoms with E-state index >= 15 is 0 Å². The highest BCUT2D eigenvalue weighted by atomic mass is 28.4. The van der Waals surface area contributed by atoms with E-state index in [0.29, 0.717) is 17.2 Å². The van der Waals surface area contributed by atoms with Crippen LogP contribution in [0, 0.1) is 0 Å². The van der Waals surface area contributed by atoms with Gasteiger partial charge in [-0.3, -0.25) is 0 Å². The maximum atomic E-state index is 12.1. The van der Waals surface area contributed by atoms with Gasteiger partial charge in [0.1, 0.15) is 17.2 Å². The molecule has 29 heavy (non-hydrogen) atoms. The van der Waals surface area contributed by atoms with Crippen LogP contribution in [0.15, 0.2) is 103 Å². The summed E-state index contributed by atoms with van der Waals surface area (Å²) in [6, 6.07) is 27.5. The quantitative estimate of drug-likeness (QED) is 0.290. The highest BCUT2D eigenvalue weighted by Crippen LogP contribution is 2.24. The van der Waals surface area contributed by atoms with Crippen molar-refractivity contribution in [3.05, 3.63) is 103 Å². The molecule has 0 unspecified atom stereocenters. The summed E-state index contributed by atoms with van der Waals surface area (Å²) in [4.78, 5) is 12.1. The van der Waals surface area contributed by atoms with Crippen molar-refractivity contribution in [3.8, 4) is 17.2 Å². The summed E-state index contributed by atoms with van der Waals surface area (Å²) in [5, 5.41) is 0. The molecule has 0 spiro atoms. The highest BCUT2D eigenvalue weighted by molar-refractivity contribution is 6.63. The summed E-state index contributed by atoms with van der Waals surface area (Å²) in [6.45, 7) is 5.21. The van der Waals surface area contributed by atoms with Crippen LogP contribution in [0.5, 0.6) is 17.2 Å². The molecule has 0 bridgehead atoms. The van der Waals surface area contributed by atoms with Crippen molar-refractivity contribution >= 4 is 14.8 Å². The summed E-state index contributed by atoms with van der Waals surface area (Å²) >= 11 is 0. The summed E-state index contributed by atoms with van der Waals surface area (Å²) in [6.07, 6.45) is -0.183. The molecule has 3 aromatic carbocycles. The van der Waals surface area contributed by atoms with Gasteiger partial charge in [-0.15, -0.1) is 0 Å². The first-order valence-corrected chi connectivity index (χ1v) is 11.0. The number of carbonyl (C=O) groups is 1. The molecule has 0 heterocycles. The molecule has 148 valence electrons. The van der Waals surface area contributed by atoms with Gasteiger partial charge in [-0.1, -0.05) is 61.2 Å². The Hall–Kier alpha value is -3.51.